The SMILES string of the molecule is COc1ccc(-c2n[nH]c(=S)n2CCC(=O)N(C)C(C)C)cc1. The highest BCUT2D eigenvalue weighted by Gasteiger charge is 2.14. The van der Waals surface area contributed by atoms with E-state index in [0.29, 0.717) is 17.7 Å². The van der Waals surface area contributed by atoms with Crippen LogP contribution in [0.15, 0.2) is 24.3 Å². The number of H-pyrrole nitrogens is 1. The van der Waals surface area contributed by atoms with Crippen molar-refractivity contribution in [2.45, 2.75) is 32.9 Å². The summed E-state index contributed by atoms with van der Waals surface area (Å²) in [5.74, 6) is 1.59. The Hall–Kier alpha value is -2.15. The van der Waals surface area contributed by atoms with Gasteiger partial charge in [-0.3, -0.25) is 14.5 Å². The molecule has 23 heavy (non-hydrogen) atoms. The number of nitrogens with one attached hydrogen (secondary N) is 1. The number of benzene rings is 1. The van der Waals surface area contributed by atoms with Gasteiger partial charge in [0.25, 0.3) is 0 Å². The first-order chi connectivity index (χ1) is 10.9. The molecule has 0 fully saturated rings. The van der Waals surface area contributed by atoms with Gasteiger partial charge in [-0.2, -0.15) is 5.10 Å². The molecule has 0 aliphatic carbocycles. The zero-order valence-corrected chi connectivity index (χ0v) is 14.7. The van der Waals surface area contributed by atoms with Gasteiger partial charge < -0.3 is 9.64 Å². The third-order valence-electron chi connectivity index (χ3n) is 3.82. The number of nitrogens with zero attached hydrogens (tertiary/aromatic N) is 3. The van der Waals surface area contributed by atoms with E-state index >= 15 is 0 Å². The van der Waals surface area contributed by atoms with E-state index in [1.54, 1.807) is 12.0 Å². The molecule has 2 aromatic rings. The van der Waals surface area contributed by atoms with Crippen LogP contribution in [0, 0.1) is 4.77 Å². The number of amides is 1. The van der Waals surface area contributed by atoms with Crippen molar-refractivity contribution >= 4 is 18.1 Å². The Balaban J connectivity index is 2.18. The Bertz CT molecular complexity index is 718. The average Bonchev–Trinajstić information content (AvgIpc) is 2.92. The van der Waals surface area contributed by atoms with Crippen LogP contribution in [0.3, 0.4) is 0 Å². The van der Waals surface area contributed by atoms with Crippen LogP contribution in [-0.4, -0.2) is 45.8 Å². The number of carbonyl (C=O) groups is 1. The molecule has 6 nitrogen and oxygen atoms in total. The second-order valence-electron chi connectivity index (χ2n) is 5.58. The van der Waals surface area contributed by atoms with E-state index in [9.17, 15) is 4.79 Å². The van der Waals surface area contributed by atoms with Gasteiger partial charge in [0, 0.05) is 31.6 Å². The standard InChI is InChI=1S/C16H22N4O2S/c1-11(2)19(3)14(21)9-10-20-15(17-18-16(20)23)12-5-7-13(22-4)8-6-12/h5-8,11H,9-10H2,1-4H3,(H,18,23). The van der Waals surface area contributed by atoms with Crippen molar-refractivity contribution in [2.24, 2.45) is 0 Å². The monoisotopic (exact) mass is 334 g/mol. The summed E-state index contributed by atoms with van der Waals surface area (Å²) >= 11 is 5.29. The second kappa shape index (κ2) is 7.41. The first-order valence-electron chi connectivity index (χ1n) is 7.49. The second-order valence-corrected chi connectivity index (χ2v) is 5.97. The Morgan fingerprint density at radius 2 is 2.04 bits per heavy atom. The molecule has 1 N–H and O–H groups in total. The van der Waals surface area contributed by atoms with E-state index in [4.69, 9.17) is 17.0 Å². The van der Waals surface area contributed by atoms with Crippen molar-refractivity contribution in [3.05, 3.63) is 29.0 Å². The smallest absolute Gasteiger partial charge is 0.224 e. The number of hydrogen-bond acceptors (Lipinski definition) is 4. The summed E-state index contributed by atoms with van der Waals surface area (Å²) in [6.07, 6.45) is 0.381. The molecule has 1 amide bonds. The molecular weight excluding hydrogens is 312 g/mol. The molecule has 2 rings (SSSR count). The highest BCUT2D eigenvalue weighted by atomic mass is 32.1. The van der Waals surface area contributed by atoms with Gasteiger partial charge in [-0.05, 0) is 50.3 Å². The fourth-order valence-electron chi connectivity index (χ4n) is 2.16. The molecule has 0 saturated carbocycles. The summed E-state index contributed by atoms with van der Waals surface area (Å²) in [6.45, 7) is 4.47. The lowest BCUT2D eigenvalue weighted by atomic mass is 10.2. The molecule has 0 saturated heterocycles. The molecule has 1 aromatic heterocycles. The van der Waals surface area contributed by atoms with Crippen LogP contribution in [0.4, 0.5) is 0 Å². The van der Waals surface area contributed by atoms with Crippen molar-refractivity contribution in [3.8, 4) is 17.1 Å². The summed E-state index contributed by atoms with van der Waals surface area (Å²) < 4.78 is 7.52. The van der Waals surface area contributed by atoms with Gasteiger partial charge in [-0.1, -0.05) is 0 Å². The van der Waals surface area contributed by atoms with Crippen LogP contribution in [0.1, 0.15) is 20.3 Å². The zero-order valence-electron chi connectivity index (χ0n) is 13.9. The molecule has 0 aliphatic rings. The minimum Gasteiger partial charge on any atom is -0.497 e. The Morgan fingerprint density at radius 1 is 1.39 bits per heavy atom. The van der Waals surface area contributed by atoms with E-state index in [-0.39, 0.29) is 11.9 Å². The van der Waals surface area contributed by atoms with Gasteiger partial charge in [0.15, 0.2) is 10.6 Å². The van der Waals surface area contributed by atoms with Gasteiger partial charge in [0.1, 0.15) is 5.75 Å². The summed E-state index contributed by atoms with van der Waals surface area (Å²) in [7, 11) is 3.44. The molecule has 124 valence electrons. The molecule has 0 atom stereocenters. The predicted octanol–water partition coefficient (Wildman–Crippen LogP) is 2.87. The molecular formula is C16H22N4O2S. The number of methoxy groups -OCH3 is 1. The summed E-state index contributed by atoms with van der Waals surface area (Å²) in [4.78, 5) is 13.9. The quantitative estimate of drug-likeness (QED) is 0.825. The number of aromatic amines is 1. The van der Waals surface area contributed by atoms with E-state index in [2.05, 4.69) is 10.2 Å². The molecule has 0 unspecified atom stereocenters. The lowest BCUT2D eigenvalue weighted by molar-refractivity contribution is -0.131. The summed E-state index contributed by atoms with van der Waals surface area (Å²) in [5.41, 5.74) is 0.919. The van der Waals surface area contributed by atoms with Crippen LogP contribution >= 0.6 is 12.2 Å². The Morgan fingerprint density at radius 3 is 2.61 bits per heavy atom. The number of aromatic nitrogens is 3. The Kier molecular flexibility index (Phi) is 5.54. The highest BCUT2D eigenvalue weighted by molar-refractivity contribution is 7.71. The summed E-state index contributed by atoms with van der Waals surface area (Å²) in [5, 5.41) is 7.08. The van der Waals surface area contributed by atoms with Crippen LogP contribution in [0.25, 0.3) is 11.4 Å². The van der Waals surface area contributed by atoms with Crippen molar-refractivity contribution < 1.29 is 9.53 Å². The predicted molar refractivity (Wildman–Crippen MR) is 91.9 cm³/mol. The van der Waals surface area contributed by atoms with E-state index in [1.807, 2.05) is 49.7 Å². The maximum absolute atomic E-state index is 12.2. The lowest BCUT2D eigenvalue weighted by Gasteiger charge is -2.21. The first kappa shape index (κ1) is 17.2. The fourth-order valence-corrected chi connectivity index (χ4v) is 2.38. The minimum absolute atomic E-state index is 0.0868. The maximum atomic E-state index is 12.2. The maximum Gasteiger partial charge on any atom is 0.224 e. The van der Waals surface area contributed by atoms with Crippen molar-refractivity contribution in [2.75, 3.05) is 14.2 Å². The third kappa shape index (κ3) is 3.98. The van der Waals surface area contributed by atoms with E-state index < -0.39 is 0 Å². The lowest BCUT2D eigenvalue weighted by Crippen LogP contribution is -2.33. The molecule has 0 bridgehead atoms. The van der Waals surface area contributed by atoms with Crippen LogP contribution in [0.5, 0.6) is 5.75 Å². The molecule has 0 radical (unpaired) electrons. The molecule has 0 aliphatic heterocycles. The van der Waals surface area contributed by atoms with Crippen molar-refractivity contribution in [3.63, 3.8) is 0 Å². The number of rotatable bonds is 6. The normalized spacial score (nSPS) is 10.8. The Labute approximate surface area is 141 Å². The molecule has 1 aromatic carbocycles. The van der Waals surface area contributed by atoms with Gasteiger partial charge in [0.2, 0.25) is 5.91 Å². The number of ether oxygens (including phenoxy) is 1. The molecule has 7 heteroatoms. The van der Waals surface area contributed by atoms with Gasteiger partial charge in [-0.15, -0.1) is 0 Å². The minimum atomic E-state index is 0.0868. The topological polar surface area (TPSA) is 63.1 Å². The van der Waals surface area contributed by atoms with Crippen LogP contribution in [-0.2, 0) is 11.3 Å². The largest absolute Gasteiger partial charge is 0.497 e. The van der Waals surface area contributed by atoms with E-state index in [1.165, 1.54) is 0 Å². The van der Waals surface area contributed by atoms with Crippen LogP contribution < -0.4 is 4.74 Å². The highest BCUT2D eigenvalue weighted by Crippen LogP contribution is 2.21. The fraction of sp³-hybridized carbons (Fsp3) is 0.438. The number of carbonyl (C=O) groups excluding carboxylic acids is 1. The molecule has 0 spiro atoms. The zero-order chi connectivity index (χ0) is 17.0. The average molecular weight is 334 g/mol. The third-order valence-corrected chi connectivity index (χ3v) is 4.14. The molecule has 1 heterocycles. The van der Waals surface area contributed by atoms with Crippen molar-refractivity contribution in [1.29, 1.82) is 0 Å². The van der Waals surface area contributed by atoms with Crippen molar-refractivity contribution in [1.82, 2.24) is 19.7 Å². The summed E-state index contributed by atoms with van der Waals surface area (Å²) in [6, 6.07) is 7.76. The number of hydrogen-bond donors (Lipinski definition) is 1. The van der Waals surface area contributed by atoms with E-state index in [0.717, 1.165) is 17.1 Å². The van der Waals surface area contributed by atoms with Gasteiger partial charge >= 0.3 is 0 Å². The van der Waals surface area contributed by atoms with Crippen LogP contribution in [0.2, 0.25) is 0 Å². The van der Waals surface area contributed by atoms with Gasteiger partial charge in [-0.25, -0.2) is 0 Å². The first-order valence-corrected chi connectivity index (χ1v) is 7.90. The van der Waals surface area contributed by atoms with Gasteiger partial charge in [0.05, 0.1) is 7.11 Å².